The molecule has 1 rings (SSSR count). The summed E-state index contributed by atoms with van der Waals surface area (Å²) in [6.45, 7) is 17.2. The van der Waals surface area contributed by atoms with Crippen LogP contribution in [-0.4, -0.2) is 80.3 Å². The molecule has 2 N–H and O–H groups in total. The molecule has 0 bridgehead atoms. The molecule has 29 heavy (non-hydrogen) atoms. The van der Waals surface area contributed by atoms with E-state index in [9.17, 15) is 4.79 Å². The minimum atomic E-state index is -0.469. The van der Waals surface area contributed by atoms with E-state index in [0.29, 0.717) is 12.6 Å². The third kappa shape index (κ3) is 12.5. The number of piperidine rings is 1. The molecular formula is C21H44IN5O2. The topological polar surface area (TPSA) is 69.2 Å². The van der Waals surface area contributed by atoms with E-state index in [1.807, 2.05) is 20.8 Å². The van der Waals surface area contributed by atoms with Crippen molar-refractivity contribution >= 4 is 36.0 Å². The number of likely N-dealkylation sites (tertiary alicyclic amines) is 1. The molecule has 7 nitrogen and oxygen atoms in total. The molecule has 0 aliphatic carbocycles. The fourth-order valence-electron chi connectivity index (χ4n) is 3.38. The van der Waals surface area contributed by atoms with E-state index in [1.165, 1.54) is 6.54 Å². The molecule has 1 aliphatic heterocycles. The fourth-order valence-corrected chi connectivity index (χ4v) is 3.38. The maximum absolute atomic E-state index is 12.1. The zero-order chi connectivity index (χ0) is 21.3. The van der Waals surface area contributed by atoms with Gasteiger partial charge in [-0.1, -0.05) is 20.8 Å². The molecule has 172 valence electrons. The Balaban J connectivity index is 0.00000784. The smallest absolute Gasteiger partial charge is 0.410 e. The Labute approximate surface area is 195 Å². The van der Waals surface area contributed by atoms with Gasteiger partial charge in [0.15, 0.2) is 5.96 Å². The minimum absolute atomic E-state index is 0. The molecule has 1 unspecified atom stereocenters. The molecule has 1 fully saturated rings. The average molecular weight is 526 g/mol. The fraction of sp³-hybridized carbons (Fsp3) is 0.905. The average Bonchev–Trinajstić information content (AvgIpc) is 2.58. The van der Waals surface area contributed by atoms with Gasteiger partial charge in [0, 0.05) is 52.9 Å². The van der Waals surface area contributed by atoms with Gasteiger partial charge >= 0.3 is 6.09 Å². The van der Waals surface area contributed by atoms with Crippen molar-refractivity contribution < 1.29 is 9.53 Å². The first-order chi connectivity index (χ1) is 13.0. The lowest BCUT2D eigenvalue weighted by molar-refractivity contribution is 0.0278. The molecule has 0 radical (unpaired) electrons. The van der Waals surface area contributed by atoms with Crippen LogP contribution in [0.3, 0.4) is 0 Å². The summed E-state index contributed by atoms with van der Waals surface area (Å²) in [7, 11) is 3.59. The van der Waals surface area contributed by atoms with Gasteiger partial charge in [-0.2, -0.15) is 0 Å². The zero-order valence-corrected chi connectivity index (χ0v) is 22.1. The molecular weight excluding hydrogens is 481 g/mol. The van der Waals surface area contributed by atoms with Crippen molar-refractivity contribution in [1.82, 2.24) is 20.4 Å². The van der Waals surface area contributed by atoms with E-state index < -0.39 is 5.60 Å². The summed E-state index contributed by atoms with van der Waals surface area (Å²) in [5.74, 6) is 1.84. The van der Waals surface area contributed by atoms with E-state index in [0.717, 1.165) is 44.4 Å². The van der Waals surface area contributed by atoms with Gasteiger partial charge in [0.05, 0.1) is 0 Å². The van der Waals surface area contributed by atoms with Crippen molar-refractivity contribution in [2.24, 2.45) is 16.8 Å². The Hall–Kier alpha value is -0.770. The van der Waals surface area contributed by atoms with Crippen LogP contribution in [0.5, 0.6) is 0 Å². The molecule has 1 heterocycles. The van der Waals surface area contributed by atoms with Crippen LogP contribution in [0.4, 0.5) is 4.79 Å². The Bertz CT molecular complexity index is 500. The number of ether oxygens (including phenoxy) is 1. The summed E-state index contributed by atoms with van der Waals surface area (Å²) < 4.78 is 5.41. The van der Waals surface area contributed by atoms with Gasteiger partial charge in [-0.05, 0) is 45.4 Å². The summed E-state index contributed by atoms with van der Waals surface area (Å²) in [6, 6.07) is 0.467. The number of hydrogen-bond acceptors (Lipinski definition) is 4. The van der Waals surface area contributed by atoms with Crippen molar-refractivity contribution in [3.63, 3.8) is 0 Å². The summed E-state index contributed by atoms with van der Waals surface area (Å²) in [4.78, 5) is 20.6. The van der Waals surface area contributed by atoms with Crippen LogP contribution in [0.2, 0.25) is 0 Å². The van der Waals surface area contributed by atoms with Crippen molar-refractivity contribution in [3.05, 3.63) is 0 Å². The van der Waals surface area contributed by atoms with E-state index in [4.69, 9.17) is 4.74 Å². The van der Waals surface area contributed by atoms with Crippen LogP contribution in [0, 0.1) is 11.8 Å². The lowest BCUT2D eigenvalue weighted by Crippen LogP contribution is -2.50. The predicted molar refractivity (Wildman–Crippen MR) is 132 cm³/mol. The highest BCUT2D eigenvalue weighted by Gasteiger charge is 2.22. The van der Waals surface area contributed by atoms with Gasteiger partial charge in [-0.25, -0.2) is 4.79 Å². The second-order valence-electron chi connectivity index (χ2n) is 9.53. The molecule has 1 atom stereocenters. The summed E-state index contributed by atoms with van der Waals surface area (Å²) in [5.41, 5.74) is -0.469. The van der Waals surface area contributed by atoms with E-state index in [-0.39, 0.29) is 36.0 Å². The number of carbonyl (C=O) groups excluding carboxylic acids is 1. The van der Waals surface area contributed by atoms with Gasteiger partial charge in [0.25, 0.3) is 0 Å². The molecule has 1 saturated heterocycles. The maximum Gasteiger partial charge on any atom is 0.410 e. The molecule has 0 spiro atoms. The molecule has 1 aliphatic rings. The van der Waals surface area contributed by atoms with Crippen LogP contribution in [0.15, 0.2) is 4.99 Å². The number of guanidine groups is 1. The molecule has 0 saturated carbocycles. The highest BCUT2D eigenvalue weighted by molar-refractivity contribution is 14.0. The van der Waals surface area contributed by atoms with Gasteiger partial charge in [0.1, 0.15) is 5.60 Å². The van der Waals surface area contributed by atoms with E-state index in [1.54, 1.807) is 19.0 Å². The number of nitrogens with zero attached hydrogens (tertiary/aromatic N) is 3. The lowest BCUT2D eigenvalue weighted by Gasteiger charge is -2.34. The molecule has 1 amide bonds. The number of rotatable bonds is 7. The van der Waals surface area contributed by atoms with Gasteiger partial charge < -0.3 is 25.2 Å². The summed E-state index contributed by atoms with van der Waals surface area (Å²) in [5, 5.41) is 6.95. The third-order valence-corrected chi connectivity index (χ3v) is 4.68. The Morgan fingerprint density at radius 2 is 1.83 bits per heavy atom. The highest BCUT2D eigenvalue weighted by atomic mass is 127. The van der Waals surface area contributed by atoms with Crippen LogP contribution >= 0.6 is 24.0 Å². The van der Waals surface area contributed by atoms with Gasteiger partial charge in [-0.15, -0.1) is 24.0 Å². The van der Waals surface area contributed by atoms with Crippen LogP contribution in [0.25, 0.3) is 0 Å². The maximum atomic E-state index is 12.1. The normalized spacial score (nSPS) is 17.5. The minimum Gasteiger partial charge on any atom is -0.444 e. The first kappa shape index (κ1) is 28.2. The summed E-state index contributed by atoms with van der Waals surface area (Å²) >= 11 is 0. The SMILES string of the molecule is CN=C(NCC(C)CN(C)C(=O)OC(C)(C)C)NC1CCN(CC(C)C)CC1.I. The number of amides is 1. The Morgan fingerprint density at radius 1 is 1.24 bits per heavy atom. The van der Waals surface area contributed by atoms with Crippen molar-refractivity contribution in [1.29, 1.82) is 0 Å². The molecule has 8 heteroatoms. The number of nitrogens with one attached hydrogen (secondary N) is 2. The van der Waals surface area contributed by atoms with Crippen molar-refractivity contribution in [2.75, 3.05) is 46.8 Å². The Morgan fingerprint density at radius 3 is 2.31 bits per heavy atom. The van der Waals surface area contributed by atoms with Crippen LogP contribution in [-0.2, 0) is 4.74 Å². The zero-order valence-electron chi connectivity index (χ0n) is 19.7. The number of hydrogen-bond donors (Lipinski definition) is 2. The number of aliphatic imine (C=N–C) groups is 1. The highest BCUT2D eigenvalue weighted by Crippen LogP contribution is 2.12. The molecule has 0 aromatic carbocycles. The van der Waals surface area contributed by atoms with Gasteiger partial charge in [-0.3, -0.25) is 4.99 Å². The van der Waals surface area contributed by atoms with E-state index in [2.05, 4.69) is 41.3 Å². The second kappa shape index (κ2) is 13.5. The van der Waals surface area contributed by atoms with Crippen molar-refractivity contribution in [2.45, 2.75) is 66.0 Å². The number of carbonyl (C=O) groups is 1. The summed E-state index contributed by atoms with van der Waals surface area (Å²) in [6.07, 6.45) is 2.00. The lowest BCUT2D eigenvalue weighted by atomic mass is 10.0. The second-order valence-corrected chi connectivity index (χ2v) is 9.53. The quantitative estimate of drug-likeness (QED) is 0.303. The van der Waals surface area contributed by atoms with Crippen LogP contribution < -0.4 is 10.6 Å². The molecule has 0 aromatic heterocycles. The van der Waals surface area contributed by atoms with E-state index >= 15 is 0 Å². The Kier molecular flexibility index (Phi) is 13.2. The first-order valence-electron chi connectivity index (χ1n) is 10.6. The largest absolute Gasteiger partial charge is 0.444 e. The van der Waals surface area contributed by atoms with Gasteiger partial charge in [0.2, 0.25) is 0 Å². The predicted octanol–water partition coefficient (Wildman–Crippen LogP) is 3.39. The van der Waals surface area contributed by atoms with Crippen LogP contribution in [0.1, 0.15) is 54.4 Å². The molecule has 0 aromatic rings. The number of halogens is 1. The third-order valence-electron chi connectivity index (χ3n) is 4.68. The monoisotopic (exact) mass is 525 g/mol. The first-order valence-corrected chi connectivity index (χ1v) is 10.6. The van der Waals surface area contributed by atoms with Crippen molar-refractivity contribution in [3.8, 4) is 0 Å². The standard InChI is InChI=1S/C21H43N5O2.HI/c1-16(2)14-26-11-9-18(10-12-26)24-19(22-7)23-13-17(3)15-25(8)20(27)28-21(4,5)6;/h16-18H,9-15H2,1-8H3,(H2,22,23,24);1H.